The highest BCUT2D eigenvalue weighted by Crippen LogP contribution is 2.30. The molecule has 88 valence electrons. The number of para-hydroxylation sites is 1. The fourth-order valence-corrected chi connectivity index (χ4v) is 1.70. The van der Waals surface area contributed by atoms with Crippen LogP contribution in [0.25, 0.3) is 0 Å². The fraction of sp³-hybridized carbons (Fsp3) is 0. The average molecular weight is 258 g/mol. The second kappa shape index (κ2) is 5.35. The Labute approximate surface area is 109 Å². The number of hydrogen-bond donors (Lipinski definition) is 0. The van der Waals surface area contributed by atoms with E-state index in [0.29, 0.717) is 28.4 Å². The molecule has 4 heteroatoms. The Morgan fingerprint density at radius 1 is 1.11 bits per heavy atom. The van der Waals surface area contributed by atoms with Gasteiger partial charge in [0.15, 0.2) is 6.29 Å². The van der Waals surface area contributed by atoms with E-state index in [0.717, 1.165) is 0 Å². The maximum absolute atomic E-state index is 11.0. The number of carbonyl (C=O) groups is 1. The topological polar surface area (TPSA) is 50.1 Å². The third-order valence-corrected chi connectivity index (χ3v) is 2.69. The molecule has 2 rings (SSSR count). The van der Waals surface area contributed by atoms with Crippen molar-refractivity contribution in [3.63, 3.8) is 0 Å². The van der Waals surface area contributed by atoms with E-state index >= 15 is 0 Å². The number of benzene rings is 2. The third kappa shape index (κ3) is 2.34. The monoisotopic (exact) mass is 257 g/mol. The van der Waals surface area contributed by atoms with Crippen LogP contribution in [-0.4, -0.2) is 6.29 Å². The van der Waals surface area contributed by atoms with E-state index < -0.39 is 0 Å². The summed E-state index contributed by atoms with van der Waals surface area (Å²) in [6, 6.07) is 13.7. The molecule has 0 amide bonds. The first kappa shape index (κ1) is 12.2. The van der Waals surface area contributed by atoms with Crippen LogP contribution in [0.15, 0.2) is 42.5 Å². The highest BCUT2D eigenvalue weighted by molar-refractivity contribution is 6.33. The molecule has 0 fully saturated rings. The summed E-state index contributed by atoms with van der Waals surface area (Å²) in [7, 11) is 0. The average Bonchev–Trinajstić information content (AvgIpc) is 2.40. The zero-order chi connectivity index (χ0) is 13.0. The van der Waals surface area contributed by atoms with Crippen molar-refractivity contribution in [2.24, 2.45) is 0 Å². The lowest BCUT2D eigenvalue weighted by Crippen LogP contribution is -1.93. The van der Waals surface area contributed by atoms with Crippen LogP contribution in [0.5, 0.6) is 11.5 Å². The highest BCUT2D eigenvalue weighted by Gasteiger charge is 2.10. The van der Waals surface area contributed by atoms with Gasteiger partial charge in [0.05, 0.1) is 16.1 Å². The summed E-state index contributed by atoms with van der Waals surface area (Å²) in [6.45, 7) is 0. The van der Waals surface area contributed by atoms with Crippen molar-refractivity contribution >= 4 is 17.9 Å². The molecule has 0 atom stereocenters. The fourth-order valence-electron chi connectivity index (χ4n) is 1.49. The smallest absolute Gasteiger partial charge is 0.155 e. The summed E-state index contributed by atoms with van der Waals surface area (Å²) < 4.78 is 5.57. The summed E-state index contributed by atoms with van der Waals surface area (Å²) in [5.74, 6) is 0.727. The van der Waals surface area contributed by atoms with Gasteiger partial charge in [-0.25, -0.2) is 0 Å². The van der Waals surface area contributed by atoms with Crippen LogP contribution in [0.3, 0.4) is 0 Å². The van der Waals surface area contributed by atoms with E-state index in [2.05, 4.69) is 0 Å². The Balaban J connectivity index is 2.44. The van der Waals surface area contributed by atoms with Gasteiger partial charge in [-0.05, 0) is 24.3 Å². The quantitative estimate of drug-likeness (QED) is 0.786. The molecule has 0 radical (unpaired) electrons. The minimum atomic E-state index is 0.270. The molecule has 2 aromatic rings. The van der Waals surface area contributed by atoms with Crippen LogP contribution in [0, 0.1) is 11.3 Å². The normalized spacial score (nSPS) is 9.56. The van der Waals surface area contributed by atoms with Gasteiger partial charge in [0.2, 0.25) is 0 Å². The Morgan fingerprint density at radius 3 is 2.56 bits per heavy atom. The summed E-state index contributed by atoms with van der Waals surface area (Å²) >= 11 is 5.89. The predicted octanol–water partition coefficient (Wildman–Crippen LogP) is 3.82. The standard InChI is InChI=1S/C14H8ClNO2/c15-12-5-3-7-14(11(12)9-17)18-13-6-2-1-4-10(13)8-16/h1-7,9H. The van der Waals surface area contributed by atoms with Gasteiger partial charge >= 0.3 is 0 Å². The van der Waals surface area contributed by atoms with E-state index in [1.165, 1.54) is 0 Å². The number of rotatable bonds is 3. The van der Waals surface area contributed by atoms with Crippen molar-refractivity contribution in [2.45, 2.75) is 0 Å². The van der Waals surface area contributed by atoms with Crippen LogP contribution in [-0.2, 0) is 0 Å². The largest absolute Gasteiger partial charge is 0.455 e. The molecule has 0 spiro atoms. The Hall–Kier alpha value is -2.31. The number of nitriles is 1. The Morgan fingerprint density at radius 2 is 1.83 bits per heavy atom. The molecule has 0 saturated carbocycles. The molecule has 2 aromatic carbocycles. The third-order valence-electron chi connectivity index (χ3n) is 2.36. The van der Waals surface area contributed by atoms with E-state index in [1.807, 2.05) is 6.07 Å². The minimum Gasteiger partial charge on any atom is -0.455 e. The van der Waals surface area contributed by atoms with Gasteiger partial charge in [0, 0.05) is 0 Å². The van der Waals surface area contributed by atoms with E-state index in [-0.39, 0.29) is 5.56 Å². The molecule has 0 aliphatic carbocycles. The number of halogens is 1. The lowest BCUT2D eigenvalue weighted by atomic mass is 10.2. The summed E-state index contributed by atoms with van der Waals surface area (Å²) in [4.78, 5) is 11.0. The molecular weight excluding hydrogens is 250 g/mol. The number of carbonyl (C=O) groups excluding carboxylic acids is 1. The summed E-state index contributed by atoms with van der Waals surface area (Å²) in [5, 5.41) is 9.27. The molecule has 0 bridgehead atoms. The lowest BCUT2D eigenvalue weighted by Gasteiger charge is -2.09. The molecule has 0 heterocycles. The van der Waals surface area contributed by atoms with Gasteiger partial charge in [-0.1, -0.05) is 29.8 Å². The maximum Gasteiger partial charge on any atom is 0.155 e. The van der Waals surface area contributed by atoms with Gasteiger partial charge in [-0.2, -0.15) is 5.26 Å². The lowest BCUT2D eigenvalue weighted by molar-refractivity contribution is 0.112. The Bertz CT molecular complexity index is 632. The number of aldehydes is 1. The molecule has 3 nitrogen and oxygen atoms in total. The van der Waals surface area contributed by atoms with E-state index in [1.54, 1.807) is 42.5 Å². The van der Waals surface area contributed by atoms with Crippen molar-refractivity contribution < 1.29 is 9.53 Å². The number of nitrogens with zero attached hydrogens (tertiary/aromatic N) is 1. The number of hydrogen-bond acceptors (Lipinski definition) is 3. The van der Waals surface area contributed by atoms with Crippen molar-refractivity contribution in [1.29, 1.82) is 5.26 Å². The summed E-state index contributed by atoms with van der Waals surface area (Å²) in [6.07, 6.45) is 0.632. The molecular formula is C14H8ClNO2. The van der Waals surface area contributed by atoms with Crippen molar-refractivity contribution in [2.75, 3.05) is 0 Å². The molecule has 0 aliphatic rings. The van der Waals surface area contributed by atoms with Gasteiger partial charge in [-0.15, -0.1) is 0 Å². The van der Waals surface area contributed by atoms with Crippen LogP contribution >= 0.6 is 11.6 Å². The molecule has 18 heavy (non-hydrogen) atoms. The van der Waals surface area contributed by atoms with Gasteiger partial charge in [-0.3, -0.25) is 4.79 Å². The second-order valence-corrected chi connectivity index (χ2v) is 3.89. The molecule has 0 unspecified atom stereocenters. The molecule has 0 N–H and O–H groups in total. The molecule has 0 aromatic heterocycles. The second-order valence-electron chi connectivity index (χ2n) is 3.48. The SMILES string of the molecule is N#Cc1ccccc1Oc1cccc(Cl)c1C=O. The van der Waals surface area contributed by atoms with Crippen molar-refractivity contribution in [3.8, 4) is 17.6 Å². The minimum absolute atomic E-state index is 0.270. The van der Waals surface area contributed by atoms with E-state index in [4.69, 9.17) is 21.6 Å². The zero-order valence-electron chi connectivity index (χ0n) is 9.26. The van der Waals surface area contributed by atoms with Crippen LogP contribution in [0.2, 0.25) is 5.02 Å². The first-order valence-electron chi connectivity index (χ1n) is 5.17. The predicted molar refractivity (Wildman–Crippen MR) is 68.1 cm³/mol. The van der Waals surface area contributed by atoms with Gasteiger partial charge < -0.3 is 4.74 Å². The van der Waals surface area contributed by atoms with Gasteiger partial charge in [0.1, 0.15) is 17.6 Å². The van der Waals surface area contributed by atoms with Crippen LogP contribution in [0.4, 0.5) is 0 Å². The van der Waals surface area contributed by atoms with Crippen molar-refractivity contribution in [3.05, 3.63) is 58.6 Å². The maximum atomic E-state index is 11.0. The van der Waals surface area contributed by atoms with Crippen LogP contribution < -0.4 is 4.74 Å². The van der Waals surface area contributed by atoms with E-state index in [9.17, 15) is 4.79 Å². The first-order valence-corrected chi connectivity index (χ1v) is 5.54. The van der Waals surface area contributed by atoms with Crippen LogP contribution in [0.1, 0.15) is 15.9 Å². The Kier molecular flexibility index (Phi) is 3.61. The van der Waals surface area contributed by atoms with Gasteiger partial charge in [0.25, 0.3) is 0 Å². The van der Waals surface area contributed by atoms with Crippen molar-refractivity contribution in [1.82, 2.24) is 0 Å². The zero-order valence-corrected chi connectivity index (χ0v) is 10.0. The summed E-state index contributed by atoms with van der Waals surface area (Å²) in [5.41, 5.74) is 0.668. The molecule has 0 aliphatic heterocycles. The number of ether oxygens (including phenoxy) is 1. The highest BCUT2D eigenvalue weighted by atomic mass is 35.5. The molecule has 0 saturated heterocycles. The first-order chi connectivity index (χ1) is 8.76.